The Bertz CT molecular complexity index is 310. The maximum atomic E-state index is 4.14. The summed E-state index contributed by atoms with van der Waals surface area (Å²) in [5, 5.41) is 0. The van der Waals surface area contributed by atoms with Gasteiger partial charge in [0.1, 0.15) is 0 Å². The van der Waals surface area contributed by atoms with Crippen molar-refractivity contribution in [1.82, 2.24) is 9.80 Å². The Morgan fingerprint density at radius 2 is 0.850 bits per heavy atom. The molecule has 0 N–H and O–H groups in total. The predicted octanol–water partition coefficient (Wildman–Crippen LogP) is 3.45. The Balaban J connectivity index is 4.46. The Labute approximate surface area is 124 Å². The summed E-state index contributed by atoms with van der Waals surface area (Å²) in [6, 6.07) is 0. The summed E-state index contributed by atoms with van der Waals surface area (Å²) in [5.41, 5.74) is 2.10. The number of hydrogen-bond acceptors (Lipinski definition) is 2. The lowest BCUT2D eigenvalue weighted by Gasteiger charge is -2.24. The second-order valence-corrected chi connectivity index (χ2v) is 4.75. The van der Waals surface area contributed by atoms with Crippen LogP contribution in [-0.4, -0.2) is 49.1 Å². The van der Waals surface area contributed by atoms with Gasteiger partial charge in [-0.3, -0.25) is 9.80 Å². The van der Waals surface area contributed by atoms with E-state index in [0.717, 1.165) is 50.4 Å². The van der Waals surface area contributed by atoms with Crippen molar-refractivity contribution in [2.75, 3.05) is 39.3 Å². The topological polar surface area (TPSA) is 6.48 Å². The molecule has 2 nitrogen and oxygen atoms in total. The van der Waals surface area contributed by atoms with Crippen molar-refractivity contribution >= 4 is 0 Å². The molecule has 0 spiro atoms. The summed E-state index contributed by atoms with van der Waals surface area (Å²) in [6.07, 6.45) is 7.56. The SMILES string of the molecule is C=CCN(CC=C)CC(=C)C(=C)CN(CC=C)CC=C. The first-order chi connectivity index (χ1) is 9.58. The van der Waals surface area contributed by atoms with Gasteiger partial charge in [0.15, 0.2) is 0 Å². The summed E-state index contributed by atoms with van der Waals surface area (Å²) in [4.78, 5) is 4.44. The molecule has 20 heavy (non-hydrogen) atoms. The van der Waals surface area contributed by atoms with Crippen LogP contribution in [0.1, 0.15) is 0 Å². The van der Waals surface area contributed by atoms with Gasteiger partial charge < -0.3 is 0 Å². The average Bonchev–Trinajstić information content (AvgIpc) is 2.39. The third kappa shape index (κ3) is 7.72. The minimum absolute atomic E-state index is 0.785. The first-order valence-corrected chi connectivity index (χ1v) is 6.83. The molecule has 0 aromatic heterocycles. The second kappa shape index (κ2) is 11.2. The molecule has 0 saturated carbocycles. The van der Waals surface area contributed by atoms with Crippen LogP contribution in [0.2, 0.25) is 0 Å². The molecular formula is C18H28N2. The van der Waals surface area contributed by atoms with Crippen LogP contribution in [0.4, 0.5) is 0 Å². The lowest BCUT2D eigenvalue weighted by molar-refractivity contribution is 0.350. The van der Waals surface area contributed by atoms with E-state index in [1.807, 2.05) is 24.3 Å². The normalized spacial score (nSPS) is 10.3. The van der Waals surface area contributed by atoms with Gasteiger partial charge in [0.05, 0.1) is 0 Å². The molecule has 0 unspecified atom stereocenters. The minimum Gasteiger partial charge on any atom is -0.292 e. The highest BCUT2D eigenvalue weighted by Crippen LogP contribution is 2.10. The zero-order valence-electron chi connectivity index (χ0n) is 12.7. The van der Waals surface area contributed by atoms with Crippen molar-refractivity contribution in [2.45, 2.75) is 0 Å². The minimum atomic E-state index is 0.785. The molecule has 0 aliphatic carbocycles. The van der Waals surface area contributed by atoms with Gasteiger partial charge in [-0.1, -0.05) is 37.5 Å². The molecule has 0 amide bonds. The lowest BCUT2D eigenvalue weighted by atomic mass is 10.1. The van der Waals surface area contributed by atoms with Crippen molar-refractivity contribution in [3.05, 3.63) is 74.9 Å². The van der Waals surface area contributed by atoms with E-state index in [0.29, 0.717) is 0 Å². The zero-order chi connectivity index (χ0) is 15.4. The predicted molar refractivity (Wildman–Crippen MR) is 91.9 cm³/mol. The summed E-state index contributed by atoms with van der Waals surface area (Å²) in [7, 11) is 0. The highest BCUT2D eigenvalue weighted by atomic mass is 15.1. The van der Waals surface area contributed by atoms with Gasteiger partial charge in [-0.25, -0.2) is 0 Å². The molecule has 0 saturated heterocycles. The number of hydrogen-bond donors (Lipinski definition) is 0. The van der Waals surface area contributed by atoms with E-state index in [9.17, 15) is 0 Å². The van der Waals surface area contributed by atoms with Crippen molar-refractivity contribution in [1.29, 1.82) is 0 Å². The molecule has 0 radical (unpaired) electrons. The molecule has 0 rings (SSSR count). The van der Waals surface area contributed by atoms with Gasteiger partial charge in [-0.2, -0.15) is 0 Å². The van der Waals surface area contributed by atoms with E-state index < -0.39 is 0 Å². The maximum absolute atomic E-state index is 4.14. The maximum Gasteiger partial charge on any atom is 0.0237 e. The van der Waals surface area contributed by atoms with Crippen molar-refractivity contribution in [2.24, 2.45) is 0 Å². The van der Waals surface area contributed by atoms with Crippen LogP contribution in [0.5, 0.6) is 0 Å². The molecule has 110 valence electrons. The average molecular weight is 272 g/mol. The molecule has 0 aliphatic rings. The second-order valence-electron chi connectivity index (χ2n) is 4.75. The van der Waals surface area contributed by atoms with Crippen LogP contribution in [0, 0.1) is 0 Å². The molecule has 0 bridgehead atoms. The van der Waals surface area contributed by atoms with Crippen LogP contribution < -0.4 is 0 Å². The highest BCUT2D eigenvalue weighted by molar-refractivity contribution is 5.28. The summed E-state index contributed by atoms with van der Waals surface area (Å²) in [5.74, 6) is 0. The van der Waals surface area contributed by atoms with Crippen molar-refractivity contribution in [3.8, 4) is 0 Å². The molecule has 0 aliphatic heterocycles. The van der Waals surface area contributed by atoms with Crippen molar-refractivity contribution < 1.29 is 0 Å². The smallest absolute Gasteiger partial charge is 0.0237 e. The molecule has 0 atom stereocenters. The highest BCUT2D eigenvalue weighted by Gasteiger charge is 2.09. The molecule has 0 fully saturated rings. The van der Waals surface area contributed by atoms with Crippen LogP contribution in [0.3, 0.4) is 0 Å². The fraction of sp³-hybridized carbons (Fsp3) is 0.333. The summed E-state index contributed by atoms with van der Waals surface area (Å²) < 4.78 is 0. The molecule has 2 heteroatoms. The van der Waals surface area contributed by atoms with Gasteiger partial charge in [-0.15, -0.1) is 26.3 Å². The van der Waals surface area contributed by atoms with Crippen LogP contribution in [0.15, 0.2) is 74.9 Å². The third-order valence-corrected chi connectivity index (χ3v) is 2.88. The lowest BCUT2D eigenvalue weighted by Crippen LogP contribution is -2.30. The summed E-state index contributed by atoms with van der Waals surface area (Å²) >= 11 is 0. The first-order valence-electron chi connectivity index (χ1n) is 6.83. The van der Waals surface area contributed by atoms with Gasteiger partial charge in [0, 0.05) is 39.3 Å². The van der Waals surface area contributed by atoms with Crippen molar-refractivity contribution in [3.63, 3.8) is 0 Å². The first kappa shape index (κ1) is 18.4. The Morgan fingerprint density at radius 3 is 1.05 bits per heavy atom. The monoisotopic (exact) mass is 272 g/mol. The van der Waals surface area contributed by atoms with E-state index in [1.54, 1.807) is 0 Å². The number of nitrogens with zero attached hydrogens (tertiary/aromatic N) is 2. The van der Waals surface area contributed by atoms with Gasteiger partial charge in [0.2, 0.25) is 0 Å². The molecule has 0 heterocycles. The van der Waals surface area contributed by atoms with Gasteiger partial charge >= 0.3 is 0 Å². The molecule has 0 aromatic carbocycles. The standard InChI is InChI=1S/C18H28N2/c1-7-11-19(12-8-2)15-17(5)18(6)16-20(13-9-3)14-10-4/h7-10H,1-6,11-16H2. The van der Waals surface area contributed by atoms with E-state index >= 15 is 0 Å². The van der Waals surface area contributed by atoms with Gasteiger partial charge in [-0.05, 0) is 11.1 Å². The van der Waals surface area contributed by atoms with Gasteiger partial charge in [0.25, 0.3) is 0 Å². The van der Waals surface area contributed by atoms with E-state index in [4.69, 9.17) is 0 Å². The van der Waals surface area contributed by atoms with E-state index in [-0.39, 0.29) is 0 Å². The van der Waals surface area contributed by atoms with Crippen LogP contribution >= 0.6 is 0 Å². The summed E-state index contributed by atoms with van der Waals surface area (Å²) in [6.45, 7) is 28.2. The third-order valence-electron chi connectivity index (χ3n) is 2.88. The Hall–Kier alpha value is -1.64. The fourth-order valence-electron chi connectivity index (χ4n) is 1.90. The molecule has 0 aromatic rings. The quantitative estimate of drug-likeness (QED) is 0.374. The largest absolute Gasteiger partial charge is 0.292 e. The molecular weight excluding hydrogens is 244 g/mol. The fourth-order valence-corrected chi connectivity index (χ4v) is 1.90. The zero-order valence-corrected chi connectivity index (χ0v) is 12.7. The van der Waals surface area contributed by atoms with Crippen LogP contribution in [0.25, 0.3) is 0 Å². The Morgan fingerprint density at radius 1 is 0.600 bits per heavy atom. The van der Waals surface area contributed by atoms with E-state index in [2.05, 4.69) is 49.3 Å². The Kier molecular flexibility index (Phi) is 10.3. The van der Waals surface area contributed by atoms with Crippen LogP contribution in [-0.2, 0) is 0 Å². The number of rotatable bonds is 13. The van der Waals surface area contributed by atoms with E-state index in [1.165, 1.54) is 0 Å².